The van der Waals surface area contributed by atoms with Crippen molar-refractivity contribution in [2.75, 3.05) is 6.61 Å². The van der Waals surface area contributed by atoms with E-state index in [1.54, 1.807) is 0 Å². The molecule has 0 amide bonds. The lowest BCUT2D eigenvalue weighted by atomic mass is 10.0. The van der Waals surface area contributed by atoms with E-state index in [2.05, 4.69) is 31.2 Å². The quantitative estimate of drug-likeness (QED) is 0.230. The summed E-state index contributed by atoms with van der Waals surface area (Å²) in [6.07, 6.45) is 5.31. The average molecular weight is 431 g/mol. The van der Waals surface area contributed by atoms with Crippen molar-refractivity contribution in [2.45, 2.75) is 59.0 Å². The molecule has 0 radical (unpaired) electrons. The highest BCUT2D eigenvalue weighted by atomic mass is 16.5. The Kier molecular flexibility index (Phi) is 8.91. The number of carbonyl (C=O) groups excluding carboxylic acids is 1. The molecule has 0 spiro atoms. The van der Waals surface area contributed by atoms with Gasteiger partial charge in [-0.1, -0.05) is 75.2 Å². The minimum absolute atomic E-state index is 0.238. The number of hydrogen-bond acceptors (Lipinski definition) is 3. The lowest BCUT2D eigenvalue weighted by Crippen LogP contribution is -2.11. The maximum absolute atomic E-state index is 12.8. The summed E-state index contributed by atoms with van der Waals surface area (Å²) < 4.78 is 11.3. The monoisotopic (exact) mass is 430 g/mol. The number of carbonyl (C=O) groups is 1. The van der Waals surface area contributed by atoms with Crippen molar-refractivity contribution in [1.29, 1.82) is 0 Å². The Morgan fingerprint density at radius 1 is 0.781 bits per heavy atom. The molecule has 0 aromatic heterocycles. The van der Waals surface area contributed by atoms with E-state index in [1.165, 1.54) is 24.8 Å². The molecule has 32 heavy (non-hydrogen) atoms. The maximum Gasteiger partial charge on any atom is 0.338 e. The van der Waals surface area contributed by atoms with Crippen molar-refractivity contribution in [3.63, 3.8) is 0 Å². The zero-order valence-corrected chi connectivity index (χ0v) is 19.5. The molecule has 3 heteroatoms. The van der Waals surface area contributed by atoms with Crippen LogP contribution in [0.25, 0.3) is 11.1 Å². The van der Waals surface area contributed by atoms with Crippen LogP contribution >= 0.6 is 0 Å². The van der Waals surface area contributed by atoms with Crippen LogP contribution in [-0.2, 0) is 11.2 Å². The zero-order chi connectivity index (χ0) is 22.8. The van der Waals surface area contributed by atoms with Crippen LogP contribution in [0.15, 0.2) is 72.8 Å². The van der Waals surface area contributed by atoms with Crippen molar-refractivity contribution in [1.82, 2.24) is 0 Å². The van der Waals surface area contributed by atoms with Crippen LogP contribution in [0.1, 0.15) is 74.0 Å². The second kappa shape index (κ2) is 12.1. The Hall–Kier alpha value is -3.07. The summed E-state index contributed by atoms with van der Waals surface area (Å²) in [5.41, 5.74) is 5.09. The van der Waals surface area contributed by atoms with E-state index in [1.807, 2.05) is 62.4 Å². The van der Waals surface area contributed by atoms with Crippen LogP contribution in [0.4, 0.5) is 0 Å². The molecule has 0 aliphatic heterocycles. The minimum Gasteiger partial charge on any atom is -0.494 e. The van der Waals surface area contributed by atoms with E-state index in [9.17, 15) is 4.79 Å². The number of ether oxygens (including phenoxy) is 2. The molecule has 3 rings (SSSR count). The highest BCUT2D eigenvalue weighted by Gasteiger charge is 2.16. The van der Waals surface area contributed by atoms with E-state index in [0.717, 1.165) is 35.3 Å². The van der Waals surface area contributed by atoms with Gasteiger partial charge >= 0.3 is 5.97 Å². The van der Waals surface area contributed by atoms with E-state index in [-0.39, 0.29) is 12.1 Å². The molecule has 1 unspecified atom stereocenters. The molecule has 0 saturated heterocycles. The summed E-state index contributed by atoms with van der Waals surface area (Å²) in [5.74, 6) is 0.568. The molecular weight excluding hydrogens is 396 g/mol. The van der Waals surface area contributed by atoms with Crippen LogP contribution in [0, 0.1) is 0 Å². The average Bonchev–Trinajstić information content (AvgIpc) is 2.84. The third-order valence-corrected chi connectivity index (χ3v) is 5.66. The van der Waals surface area contributed by atoms with Gasteiger partial charge in [-0.15, -0.1) is 0 Å². The molecule has 0 aliphatic carbocycles. The fourth-order valence-electron chi connectivity index (χ4n) is 3.77. The second-order valence-electron chi connectivity index (χ2n) is 8.04. The molecule has 1 atom stereocenters. The van der Waals surface area contributed by atoms with Crippen LogP contribution in [0.5, 0.6) is 5.75 Å². The third-order valence-electron chi connectivity index (χ3n) is 5.66. The highest BCUT2D eigenvalue weighted by Crippen LogP contribution is 2.26. The van der Waals surface area contributed by atoms with Gasteiger partial charge in [0, 0.05) is 0 Å². The normalized spacial score (nSPS) is 11.7. The summed E-state index contributed by atoms with van der Waals surface area (Å²) >= 11 is 0. The van der Waals surface area contributed by atoms with Gasteiger partial charge in [-0.3, -0.25) is 0 Å². The Labute approximate surface area is 192 Å². The molecule has 168 valence electrons. The van der Waals surface area contributed by atoms with Crippen molar-refractivity contribution in [3.8, 4) is 16.9 Å². The first-order valence-electron chi connectivity index (χ1n) is 11.8. The molecule has 3 aromatic rings. The van der Waals surface area contributed by atoms with Gasteiger partial charge in [0.25, 0.3) is 0 Å². The largest absolute Gasteiger partial charge is 0.494 e. The number of rotatable bonds is 11. The molecule has 0 heterocycles. The van der Waals surface area contributed by atoms with Crippen LogP contribution in [0.2, 0.25) is 0 Å². The number of benzene rings is 3. The molecule has 0 bridgehead atoms. The van der Waals surface area contributed by atoms with Crippen molar-refractivity contribution >= 4 is 5.97 Å². The lowest BCUT2D eigenvalue weighted by Gasteiger charge is -2.17. The number of aryl methyl sites for hydroxylation is 1. The van der Waals surface area contributed by atoms with E-state index in [0.29, 0.717) is 12.2 Å². The fourth-order valence-corrected chi connectivity index (χ4v) is 3.77. The Bertz CT molecular complexity index is 957. The lowest BCUT2D eigenvalue weighted by molar-refractivity contribution is 0.0288. The molecule has 0 fully saturated rings. The Morgan fingerprint density at radius 2 is 1.41 bits per heavy atom. The molecule has 0 aliphatic rings. The smallest absolute Gasteiger partial charge is 0.338 e. The van der Waals surface area contributed by atoms with Crippen LogP contribution < -0.4 is 4.74 Å². The Morgan fingerprint density at radius 3 is 1.97 bits per heavy atom. The molecule has 0 N–H and O–H groups in total. The van der Waals surface area contributed by atoms with Gasteiger partial charge < -0.3 is 9.47 Å². The molecule has 3 aromatic carbocycles. The summed E-state index contributed by atoms with van der Waals surface area (Å²) in [4.78, 5) is 12.8. The first-order chi connectivity index (χ1) is 15.6. The van der Waals surface area contributed by atoms with Crippen molar-refractivity contribution in [2.24, 2.45) is 0 Å². The fraction of sp³-hybridized carbons (Fsp3) is 0.345. The van der Waals surface area contributed by atoms with Crippen molar-refractivity contribution < 1.29 is 14.3 Å². The second-order valence-corrected chi connectivity index (χ2v) is 8.04. The number of esters is 1. The molecular formula is C29H34O3. The number of hydrogen-bond donors (Lipinski definition) is 0. The summed E-state index contributed by atoms with van der Waals surface area (Å²) in [6.45, 7) is 6.88. The summed E-state index contributed by atoms with van der Waals surface area (Å²) in [6, 6.07) is 24.1. The van der Waals surface area contributed by atoms with Gasteiger partial charge in [0.05, 0.1) is 12.2 Å². The van der Waals surface area contributed by atoms with Gasteiger partial charge in [0.15, 0.2) is 0 Å². The predicted octanol–water partition coefficient (Wildman–Crippen LogP) is 7.79. The highest BCUT2D eigenvalue weighted by molar-refractivity contribution is 5.90. The van der Waals surface area contributed by atoms with Gasteiger partial charge in [0.1, 0.15) is 11.9 Å². The van der Waals surface area contributed by atoms with Gasteiger partial charge in [-0.25, -0.2) is 4.79 Å². The number of unbranched alkanes of at least 4 members (excludes halogenated alkanes) is 2. The van der Waals surface area contributed by atoms with Crippen LogP contribution in [-0.4, -0.2) is 12.6 Å². The molecule has 3 nitrogen and oxygen atoms in total. The standard InChI is InChI=1S/C29H34O3/c1-4-7-8-9-22-10-12-25(13-11-22)28(5-2)32-29(30)26-16-14-23(15-17-26)24-18-20-27(21-19-24)31-6-3/h10-21,28H,4-9H2,1-3H3. The van der Waals surface area contributed by atoms with Crippen molar-refractivity contribution in [3.05, 3.63) is 89.5 Å². The predicted molar refractivity (Wildman–Crippen MR) is 131 cm³/mol. The van der Waals surface area contributed by atoms with Gasteiger partial charge in [0.2, 0.25) is 0 Å². The van der Waals surface area contributed by atoms with Gasteiger partial charge in [-0.2, -0.15) is 0 Å². The summed E-state index contributed by atoms with van der Waals surface area (Å²) in [7, 11) is 0. The van der Waals surface area contributed by atoms with Crippen LogP contribution in [0.3, 0.4) is 0 Å². The molecule has 0 saturated carbocycles. The SMILES string of the molecule is CCCCCc1ccc(C(CC)OC(=O)c2ccc(-c3ccc(OCC)cc3)cc2)cc1. The third kappa shape index (κ3) is 6.46. The van der Waals surface area contributed by atoms with E-state index in [4.69, 9.17) is 9.47 Å². The van der Waals surface area contributed by atoms with Gasteiger partial charge in [-0.05, 0) is 72.7 Å². The van der Waals surface area contributed by atoms with E-state index >= 15 is 0 Å². The first-order valence-corrected chi connectivity index (χ1v) is 11.8. The first kappa shape index (κ1) is 23.6. The Balaban J connectivity index is 1.62. The van der Waals surface area contributed by atoms with E-state index < -0.39 is 0 Å². The zero-order valence-electron chi connectivity index (χ0n) is 19.5. The maximum atomic E-state index is 12.8. The topological polar surface area (TPSA) is 35.5 Å². The minimum atomic E-state index is -0.290. The summed E-state index contributed by atoms with van der Waals surface area (Å²) in [5, 5.41) is 0.